The second kappa shape index (κ2) is 3.08. The molecule has 0 aliphatic rings. The maximum absolute atomic E-state index is 4.89. The van der Waals surface area contributed by atoms with Gasteiger partial charge < -0.3 is 4.74 Å². The van der Waals surface area contributed by atoms with Gasteiger partial charge in [-0.05, 0) is 11.8 Å². The van der Waals surface area contributed by atoms with Gasteiger partial charge in [0, 0.05) is 0 Å². The van der Waals surface area contributed by atoms with E-state index in [4.69, 9.17) is 7.11 Å². The molecule has 0 N–H and O–H groups in total. The van der Waals surface area contributed by atoms with Crippen LogP contribution >= 0.6 is 0 Å². The maximum atomic E-state index is 4.89. The number of hydrogen-bond donors (Lipinski definition) is 0. The molecule has 0 rings (SSSR count). The molecule has 0 unspecified atom stereocenters. The molecule has 0 aliphatic heterocycles. The highest BCUT2D eigenvalue weighted by Gasteiger charge is 2.13. The van der Waals surface area contributed by atoms with E-state index < -0.39 is 0 Å². The average Bonchev–Trinajstić information content (AvgIpc) is 1.67. The number of rotatable bonds is 3. The van der Waals surface area contributed by atoms with Gasteiger partial charge in [-0.25, -0.2) is 0 Å². The third-order valence-electron chi connectivity index (χ3n) is 1.43. The maximum Gasteiger partial charge on any atom is 0.115 e. The minimum absolute atomic E-state index is 0.245. The fourth-order valence-corrected chi connectivity index (χ4v) is 0.328. The van der Waals surface area contributed by atoms with Crippen molar-refractivity contribution >= 4 is 0 Å². The molecule has 0 aromatic carbocycles. The Morgan fingerprint density at radius 2 is 2.00 bits per heavy atom. The van der Waals surface area contributed by atoms with E-state index in [9.17, 15) is 0 Å². The van der Waals surface area contributed by atoms with Crippen molar-refractivity contribution in [2.24, 2.45) is 5.41 Å². The van der Waals surface area contributed by atoms with Crippen LogP contribution in [-0.4, -0.2) is 6.61 Å². The molecule has 0 aliphatic carbocycles. The van der Waals surface area contributed by atoms with E-state index in [0.29, 0.717) is 6.61 Å². The molecular weight excluding hydrogens is 100 g/mol. The van der Waals surface area contributed by atoms with Gasteiger partial charge in [0.2, 0.25) is 0 Å². The molecule has 0 spiro atoms. The van der Waals surface area contributed by atoms with Gasteiger partial charge in [-0.15, -0.1) is 0 Å². The third kappa shape index (κ3) is 3.03. The zero-order valence-corrected chi connectivity index (χ0v) is 5.90. The van der Waals surface area contributed by atoms with Gasteiger partial charge in [0.15, 0.2) is 0 Å². The first-order chi connectivity index (χ1) is 3.62. The molecule has 1 nitrogen and oxygen atoms in total. The lowest BCUT2D eigenvalue weighted by molar-refractivity contribution is 0.129. The van der Waals surface area contributed by atoms with Crippen LogP contribution in [0.2, 0.25) is 0 Å². The molecule has 8 heavy (non-hydrogen) atoms. The Kier molecular flexibility index (Phi) is 3.06. The first kappa shape index (κ1) is 7.96. The van der Waals surface area contributed by atoms with Crippen molar-refractivity contribution in [2.45, 2.75) is 27.2 Å². The zero-order valence-electron chi connectivity index (χ0n) is 5.90. The Labute approximate surface area is 52.0 Å². The van der Waals surface area contributed by atoms with Gasteiger partial charge in [0.25, 0.3) is 0 Å². The summed E-state index contributed by atoms with van der Waals surface area (Å²) in [4.78, 5) is 0. The lowest BCUT2D eigenvalue weighted by atomic mass is 9.92. The van der Waals surface area contributed by atoms with Crippen LogP contribution in [0.1, 0.15) is 27.2 Å². The molecule has 0 heterocycles. The van der Waals surface area contributed by atoms with E-state index in [1.807, 2.05) is 0 Å². The summed E-state index contributed by atoms with van der Waals surface area (Å²) in [6, 6.07) is 0. The molecule has 0 bridgehead atoms. The molecule has 48 valence electrons. The molecule has 0 aromatic heterocycles. The van der Waals surface area contributed by atoms with Gasteiger partial charge in [-0.1, -0.05) is 20.8 Å². The van der Waals surface area contributed by atoms with Crippen LogP contribution in [0.15, 0.2) is 0 Å². The van der Waals surface area contributed by atoms with E-state index in [1.54, 1.807) is 0 Å². The van der Waals surface area contributed by atoms with E-state index >= 15 is 0 Å². The lowest BCUT2D eigenvalue weighted by Crippen LogP contribution is -2.15. The van der Waals surface area contributed by atoms with Crippen LogP contribution in [0.25, 0.3) is 0 Å². The van der Waals surface area contributed by atoms with Crippen molar-refractivity contribution in [2.75, 3.05) is 6.61 Å². The molecule has 1 heteroatoms. The van der Waals surface area contributed by atoms with Crippen LogP contribution in [0.5, 0.6) is 0 Å². The smallest absolute Gasteiger partial charge is 0.115 e. The highest BCUT2D eigenvalue weighted by Crippen LogP contribution is 2.18. The fourth-order valence-electron chi connectivity index (χ4n) is 0.328. The molecule has 0 saturated heterocycles. The second-order valence-electron chi connectivity index (χ2n) is 2.83. The third-order valence-corrected chi connectivity index (χ3v) is 1.43. The highest BCUT2D eigenvalue weighted by atomic mass is 16.5. The van der Waals surface area contributed by atoms with Crippen molar-refractivity contribution in [3.8, 4) is 0 Å². The highest BCUT2D eigenvalue weighted by molar-refractivity contribution is 4.63. The van der Waals surface area contributed by atoms with E-state index in [2.05, 4.69) is 25.5 Å². The molecular formula is C7H14O. The predicted molar refractivity (Wildman–Crippen MR) is 34.3 cm³/mol. The van der Waals surface area contributed by atoms with Gasteiger partial charge in [-0.3, -0.25) is 0 Å². The van der Waals surface area contributed by atoms with Crippen molar-refractivity contribution in [1.29, 1.82) is 0 Å². The largest absolute Gasteiger partial charge is 0.372 e. The first-order valence-corrected chi connectivity index (χ1v) is 2.94. The van der Waals surface area contributed by atoms with Crippen LogP contribution < -0.4 is 0 Å². The zero-order chi connectivity index (χ0) is 6.62. The first-order valence-electron chi connectivity index (χ1n) is 2.94. The summed E-state index contributed by atoms with van der Waals surface area (Å²) in [5.74, 6) is 0. The Balaban J connectivity index is 3.37. The minimum Gasteiger partial charge on any atom is -0.372 e. The Hall–Kier alpha value is -0.0400. The number of hydrogen-bond acceptors (Lipinski definition) is 1. The fraction of sp³-hybridized carbons (Fsp3) is 0.857. The van der Waals surface area contributed by atoms with Crippen molar-refractivity contribution in [3.05, 3.63) is 7.11 Å². The normalized spacial score (nSPS) is 12.0. The Morgan fingerprint density at radius 1 is 1.50 bits per heavy atom. The monoisotopic (exact) mass is 114 g/mol. The lowest BCUT2D eigenvalue weighted by Gasteiger charge is -2.20. The molecule has 0 amide bonds. The molecule has 0 aromatic rings. The van der Waals surface area contributed by atoms with Gasteiger partial charge >= 0.3 is 0 Å². The summed E-state index contributed by atoms with van der Waals surface area (Å²) >= 11 is 0. The quantitative estimate of drug-likeness (QED) is 0.546. The van der Waals surface area contributed by atoms with Gasteiger partial charge in [0.05, 0.1) is 6.61 Å². The summed E-state index contributed by atoms with van der Waals surface area (Å²) in [5.41, 5.74) is 0.245. The average molecular weight is 114 g/mol. The van der Waals surface area contributed by atoms with Crippen LogP contribution in [0.3, 0.4) is 0 Å². The summed E-state index contributed by atoms with van der Waals surface area (Å²) in [7, 11) is 4.89. The topological polar surface area (TPSA) is 9.23 Å². The van der Waals surface area contributed by atoms with Gasteiger partial charge in [-0.2, -0.15) is 0 Å². The predicted octanol–water partition coefficient (Wildman–Crippen LogP) is 2.11. The van der Waals surface area contributed by atoms with Gasteiger partial charge in [0.1, 0.15) is 7.11 Å². The molecule has 0 saturated carbocycles. The van der Waals surface area contributed by atoms with Crippen LogP contribution in [0, 0.1) is 12.5 Å². The summed E-state index contributed by atoms with van der Waals surface area (Å²) in [6.45, 7) is 7.02. The van der Waals surface area contributed by atoms with E-state index in [-0.39, 0.29) is 5.41 Å². The van der Waals surface area contributed by atoms with Crippen molar-refractivity contribution < 1.29 is 4.74 Å². The van der Waals surface area contributed by atoms with Crippen LogP contribution in [0.4, 0.5) is 0 Å². The minimum atomic E-state index is 0.245. The van der Waals surface area contributed by atoms with E-state index in [1.165, 1.54) is 0 Å². The molecule has 0 fully saturated rings. The standard InChI is InChI=1S/C7H14O/c1-5-7(2,3)6-8-4/h4H,5-6H2,1-3H3. The summed E-state index contributed by atoms with van der Waals surface area (Å²) < 4.78 is 4.50. The van der Waals surface area contributed by atoms with Crippen molar-refractivity contribution in [1.82, 2.24) is 0 Å². The number of ether oxygens (including phenoxy) is 1. The van der Waals surface area contributed by atoms with Crippen molar-refractivity contribution in [3.63, 3.8) is 0 Å². The molecule has 0 atom stereocenters. The SMILES string of the molecule is [CH]OCC(C)(C)CC. The van der Waals surface area contributed by atoms with Crippen LogP contribution in [-0.2, 0) is 4.74 Å². The Bertz CT molecular complexity index is 57.4. The second-order valence-corrected chi connectivity index (χ2v) is 2.83. The molecule has 2 radical (unpaired) electrons. The Morgan fingerprint density at radius 3 is 2.12 bits per heavy atom. The van der Waals surface area contributed by atoms with E-state index in [0.717, 1.165) is 6.42 Å². The summed E-state index contributed by atoms with van der Waals surface area (Å²) in [6.07, 6.45) is 1.10. The summed E-state index contributed by atoms with van der Waals surface area (Å²) in [5, 5.41) is 0.